The molecule has 1 heteroatoms. The molecular formula is C10H16S. The monoisotopic (exact) mass is 168 g/mol. The number of rotatable bonds is 2. The first kappa shape index (κ1) is 8.70. The lowest BCUT2D eigenvalue weighted by Gasteiger charge is -2.24. The third-order valence-electron chi connectivity index (χ3n) is 1.49. The third-order valence-corrected chi connectivity index (χ3v) is 2.69. The topological polar surface area (TPSA) is 0 Å². The van der Waals surface area contributed by atoms with Gasteiger partial charge in [0.15, 0.2) is 0 Å². The van der Waals surface area contributed by atoms with E-state index in [-0.39, 0.29) is 10.0 Å². The summed E-state index contributed by atoms with van der Waals surface area (Å²) in [7, 11) is -0.384. The van der Waals surface area contributed by atoms with E-state index in [1.165, 1.54) is 16.9 Å². The van der Waals surface area contributed by atoms with Crippen molar-refractivity contribution in [1.82, 2.24) is 0 Å². The maximum absolute atomic E-state index is 3.20. The van der Waals surface area contributed by atoms with Crippen LogP contribution in [0.25, 0.3) is 0 Å². The second-order valence-corrected chi connectivity index (χ2v) is 8.40. The Morgan fingerprint density at radius 3 is 2.36 bits per heavy atom. The van der Waals surface area contributed by atoms with Crippen molar-refractivity contribution < 1.29 is 0 Å². The summed E-state index contributed by atoms with van der Waals surface area (Å²) in [6, 6.07) is 0. The molecule has 1 aliphatic carbocycles. The molecule has 0 spiro atoms. The van der Waals surface area contributed by atoms with E-state index in [0.717, 1.165) is 0 Å². The van der Waals surface area contributed by atoms with Crippen molar-refractivity contribution in [3.63, 3.8) is 0 Å². The third kappa shape index (κ3) is 3.00. The van der Waals surface area contributed by atoms with Gasteiger partial charge in [0.2, 0.25) is 0 Å². The van der Waals surface area contributed by atoms with Crippen molar-refractivity contribution in [2.24, 2.45) is 0 Å². The van der Waals surface area contributed by atoms with Crippen LogP contribution < -0.4 is 0 Å². The molecule has 1 rings (SSSR count). The Morgan fingerprint density at radius 2 is 2.00 bits per heavy atom. The highest BCUT2D eigenvalue weighted by Crippen LogP contribution is 2.37. The molecule has 11 heavy (non-hydrogen) atoms. The number of allylic oxidation sites excluding steroid dienone is 2. The smallest absolute Gasteiger partial charge is 0.00242 e. The van der Waals surface area contributed by atoms with E-state index in [1.54, 1.807) is 0 Å². The molecule has 0 N–H and O–H groups in total. The molecule has 0 amide bonds. The van der Waals surface area contributed by atoms with Gasteiger partial charge in [0.05, 0.1) is 0 Å². The maximum Gasteiger partial charge on any atom is 0.00242 e. The fourth-order valence-corrected chi connectivity index (χ4v) is 2.32. The van der Waals surface area contributed by atoms with Crippen molar-refractivity contribution in [2.45, 2.75) is 6.92 Å². The molecule has 0 aliphatic heterocycles. The molecule has 0 aromatic rings. The molecule has 0 atom stereocenters. The van der Waals surface area contributed by atoms with Crippen molar-refractivity contribution in [3.05, 3.63) is 29.0 Å². The molecule has 0 saturated carbocycles. The zero-order valence-electron chi connectivity index (χ0n) is 7.77. The quantitative estimate of drug-likeness (QED) is 0.556. The highest BCUT2D eigenvalue weighted by molar-refractivity contribution is 8.32. The number of hydrogen-bond donors (Lipinski definition) is 0. The summed E-state index contributed by atoms with van der Waals surface area (Å²) < 4.78 is 0. The van der Waals surface area contributed by atoms with Crippen LogP contribution in [-0.2, 0) is 0 Å². The van der Waals surface area contributed by atoms with Crippen LogP contribution in [0.4, 0.5) is 0 Å². The summed E-state index contributed by atoms with van der Waals surface area (Å²) in [4.78, 5) is 0. The molecule has 62 valence electrons. The molecule has 1 aliphatic rings. The maximum atomic E-state index is 3.20. The van der Waals surface area contributed by atoms with Gasteiger partial charge in [-0.15, -0.1) is 5.73 Å². The minimum absolute atomic E-state index is 0.384. The first-order valence-corrected chi connectivity index (χ1v) is 6.80. The van der Waals surface area contributed by atoms with E-state index in [1.807, 2.05) is 0 Å². The Hall–Kier alpha value is -0.390. The van der Waals surface area contributed by atoms with Crippen LogP contribution in [0.1, 0.15) is 6.92 Å². The summed E-state index contributed by atoms with van der Waals surface area (Å²) >= 11 is 0. The van der Waals surface area contributed by atoms with Gasteiger partial charge in [-0.2, -0.15) is 0 Å². The van der Waals surface area contributed by atoms with Crippen LogP contribution in [0, 0.1) is 0 Å². The van der Waals surface area contributed by atoms with E-state index in [4.69, 9.17) is 0 Å². The minimum Gasteiger partial charge on any atom is -0.246 e. The fourth-order valence-electron chi connectivity index (χ4n) is 1.15. The molecule has 0 saturated heterocycles. The average molecular weight is 168 g/mol. The van der Waals surface area contributed by atoms with Crippen molar-refractivity contribution in [1.29, 1.82) is 0 Å². The Bertz CT molecular complexity index is 245. The van der Waals surface area contributed by atoms with Gasteiger partial charge in [-0.3, -0.25) is 0 Å². The van der Waals surface area contributed by atoms with E-state index < -0.39 is 0 Å². The van der Waals surface area contributed by atoms with Crippen molar-refractivity contribution in [2.75, 3.05) is 24.5 Å². The van der Waals surface area contributed by atoms with E-state index in [2.05, 4.69) is 43.6 Å². The standard InChI is InChI=1S/C10H16S/c1-9-5-6-10(7-9)8-11(2,3)4/h6-7H,8H2,1-4H3. The largest absolute Gasteiger partial charge is 0.246 e. The fraction of sp³-hybridized carbons (Fsp3) is 0.500. The van der Waals surface area contributed by atoms with Gasteiger partial charge in [0.1, 0.15) is 0 Å². The summed E-state index contributed by atoms with van der Waals surface area (Å²) in [6.07, 6.45) is 11.4. The van der Waals surface area contributed by atoms with Crippen molar-refractivity contribution in [3.8, 4) is 0 Å². The Morgan fingerprint density at radius 1 is 1.36 bits per heavy atom. The normalized spacial score (nSPS) is 18.2. The molecule has 0 heterocycles. The Balaban J connectivity index is 2.57. The Labute approximate surface area is 71.0 Å². The van der Waals surface area contributed by atoms with Gasteiger partial charge in [-0.25, -0.2) is 10.0 Å². The van der Waals surface area contributed by atoms with Crippen LogP contribution in [0.2, 0.25) is 0 Å². The van der Waals surface area contributed by atoms with E-state index >= 15 is 0 Å². The lowest BCUT2D eigenvalue weighted by Crippen LogP contribution is -1.99. The summed E-state index contributed by atoms with van der Waals surface area (Å²) in [5, 5.41) is 0. The van der Waals surface area contributed by atoms with Gasteiger partial charge < -0.3 is 0 Å². The Kier molecular flexibility index (Phi) is 2.31. The average Bonchev–Trinajstić information content (AvgIpc) is 2.10. The highest BCUT2D eigenvalue weighted by Gasteiger charge is 2.07. The van der Waals surface area contributed by atoms with Gasteiger partial charge in [0, 0.05) is 5.75 Å². The molecule has 0 fully saturated rings. The second kappa shape index (κ2) is 2.92. The van der Waals surface area contributed by atoms with Gasteiger partial charge in [-0.05, 0) is 49.0 Å². The van der Waals surface area contributed by atoms with Gasteiger partial charge in [0.25, 0.3) is 0 Å². The molecule has 0 radical (unpaired) electrons. The number of hydrogen-bond acceptors (Lipinski definition) is 0. The van der Waals surface area contributed by atoms with Crippen LogP contribution in [0.3, 0.4) is 0 Å². The molecule has 0 nitrogen and oxygen atoms in total. The summed E-state index contributed by atoms with van der Waals surface area (Å²) in [5.74, 6) is 1.23. The van der Waals surface area contributed by atoms with Gasteiger partial charge in [-0.1, -0.05) is 0 Å². The van der Waals surface area contributed by atoms with E-state index in [9.17, 15) is 0 Å². The zero-order valence-corrected chi connectivity index (χ0v) is 8.59. The summed E-state index contributed by atoms with van der Waals surface area (Å²) in [5.41, 5.74) is 5.92. The lowest BCUT2D eigenvalue weighted by atomic mass is 10.3. The predicted molar refractivity (Wildman–Crippen MR) is 55.6 cm³/mol. The first-order valence-electron chi connectivity index (χ1n) is 3.77. The molecule has 0 aromatic heterocycles. The second-order valence-electron chi connectivity index (χ2n) is 3.93. The molecule has 0 aromatic carbocycles. The summed E-state index contributed by atoms with van der Waals surface area (Å²) in [6.45, 7) is 2.10. The first-order chi connectivity index (χ1) is 4.97. The van der Waals surface area contributed by atoms with Crippen LogP contribution in [0.5, 0.6) is 0 Å². The van der Waals surface area contributed by atoms with Crippen molar-refractivity contribution >= 4 is 10.0 Å². The SMILES string of the molecule is CC1=C=CC(CS(C)(C)C)=C1. The predicted octanol–water partition coefficient (Wildman–Crippen LogP) is 2.72. The van der Waals surface area contributed by atoms with Crippen LogP contribution in [-0.4, -0.2) is 24.5 Å². The minimum atomic E-state index is -0.384. The van der Waals surface area contributed by atoms with Crippen LogP contribution in [0.15, 0.2) is 29.0 Å². The molecule has 0 unspecified atom stereocenters. The molecule has 0 bridgehead atoms. The van der Waals surface area contributed by atoms with E-state index in [0.29, 0.717) is 0 Å². The molecular weight excluding hydrogens is 152 g/mol. The zero-order chi connectivity index (χ0) is 8.48. The van der Waals surface area contributed by atoms with Crippen LogP contribution >= 0.6 is 10.0 Å². The van der Waals surface area contributed by atoms with Gasteiger partial charge >= 0.3 is 0 Å². The lowest BCUT2D eigenvalue weighted by molar-refractivity contribution is 1.50. The highest BCUT2D eigenvalue weighted by atomic mass is 32.3.